The lowest BCUT2D eigenvalue weighted by atomic mass is 10.2. The summed E-state index contributed by atoms with van der Waals surface area (Å²) in [5.74, 6) is 0.647. The molecule has 0 saturated heterocycles. The molecule has 1 fully saturated rings. The molecule has 1 aliphatic heterocycles. The van der Waals surface area contributed by atoms with Crippen LogP contribution in [0.3, 0.4) is 0 Å². The fraction of sp³-hybridized carbons (Fsp3) is 0.500. The molecule has 0 aromatic heterocycles. The number of hydrogen-bond donors (Lipinski definition) is 0. The number of rotatable bonds is 1. The van der Waals surface area contributed by atoms with Crippen LogP contribution < -0.4 is 4.90 Å². The molecule has 1 aromatic rings. The van der Waals surface area contributed by atoms with Crippen molar-refractivity contribution in [3.63, 3.8) is 0 Å². The number of benzene rings is 1. The fourth-order valence-electron chi connectivity index (χ4n) is 2.27. The minimum Gasteiger partial charge on any atom is -0.311 e. The first kappa shape index (κ1) is 11.1. The number of hydrogen-bond acceptors (Lipinski definition) is 2. The molecule has 2 nitrogen and oxygen atoms in total. The van der Waals surface area contributed by atoms with E-state index in [4.69, 9.17) is 0 Å². The van der Waals surface area contributed by atoms with Crippen molar-refractivity contribution in [3.05, 3.63) is 24.3 Å². The van der Waals surface area contributed by atoms with Crippen molar-refractivity contribution >= 4 is 23.4 Å². The molecule has 0 spiro atoms. The molecule has 2 aliphatic rings. The number of anilines is 1. The van der Waals surface area contributed by atoms with Crippen LogP contribution in [0, 0.1) is 5.92 Å². The van der Waals surface area contributed by atoms with E-state index in [1.54, 1.807) is 0 Å². The van der Waals surface area contributed by atoms with E-state index < -0.39 is 0 Å². The van der Waals surface area contributed by atoms with Gasteiger partial charge in [-0.1, -0.05) is 19.1 Å². The van der Waals surface area contributed by atoms with Gasteiger partial charge < -0.3 is 4.90 Å². The van der Waals surface area contributed by atoms with Gasteiger partial charge in [-0.25, -0.2) is 0 Å². The third kappa shape index (κ3) is 2.21. The van der Waals surface area contributed by atoms with Crippen LogP contribution in [0.5, 0.6) is 0 Å². The highest BCUT2D eigenvalue weighted by Crippen LogP contribution is 2.40. The normalized spacial score (nSPS) is 24.1. The lowest BCUT2D eigenvalue weighted by Crippen LogP contribution is -2.33. The number of carbonyl (C=O) groups is 1. The maximum atomic E-state index is 12.3. The molecule has 1 amide bonds. The zero-order valence-corrected chi connectivity index (χ0v) is 10.9. The number of thioether (sulfide) groups is 1. The Labute approximate surface area is 106 Å². The third-order valence-corrected chi connectivity index (χ3v) is 4.67. The van der Waals surface area contributed by atoms with Crippen molar-refractivity contribution in [2.24, 2.45) is 5.92 Å². The summed E-state index contributed by atoms with van der Waals surface area (Å²) in [4.78, 5) is 15.6. The van der Waals surface area contributed by atoms with Crippen molar-refractivity contribution in [2.45, 2.75) is 36.3 Å². The van der Waals surface area contributed by atoms with Gasteiger partial charge in [0.15, 0.2) is 0 Å². The highest BCUT2D eigenvalue weighted by molar-refractivity contribution is 8.00. The summed E-state index contributed by atoms with van der Waals surface area (Å²) in [7, 11) is 0. The maximum Gasteiger partial charge on any atom is 0.230 e. The molecule has 1 aliphatic carbocycles. The van der Waals surface area contributed by atoms with Gasteiger partial charge in [-0.3, -0.25) is 4.79 Å². The Morgan fingerprint density at radius 2 is 2.06 bits per heavy atom. The monoisotopic (exact) mass is 247 g/mol. The summed E-state index contributed by atoms with van der Waals surface area (Å²) < 4.78 is 0. The Morgan fingerprint density at radius 1 is 1.29 bits per heavy atom. The van der Waals surface area contributed by atoms with Gasteiger partial charge in [0, 0.05) is 22.6 Å². The predicted octanol–water partition coefficient (Wildman–Crippen LogP) is 3.31. The highest BCUT2D eigenvalue weighted by atomic mass is 32.2. The molecule has 17 heavy (non-hydrogen) atoms. The molecule has 0 radical (unpaired) electrons. The average Bonchev–Trinajstić information content (AvgIpc) is 3.14. The molecule has 1 aromatic carbocycles. The first-order valence-corrected chi connectivity index (χ1v) is 7.21. The number of amides is 1. The van der Waals surface area contributed by atoms with Crippen molar-refractivity contribution in [1.29, 1.82) is 0 Å². The molecule has 0 N–H and O–H groups in total. The van der Waals surface area contributed by atoms with Crippen LogP contribution in [-0.4, -0.2) is 17.7 Å². The van der Waals surface area contributed by atoms with E-state index in [0.29, 0.717) is 17.1 Å². The maximum absolute atomic E-state index is 12.3. The Hall–Kier alpha value is -0.960. The molecule has 1 unspecified atom stereocenters. The number of fused-ring (bicyclic) bond motifs is 1. The van der Waals surface area contributed by atoms with Crippen molar-refractivity contribution in [3.8, 4) is 0 Å². The van der Waals surface area contributed by atoms with Gasteiger partial charge in [-0.2, -0.15) is 0 Å². The summed E-state index contributed by atoms with van der Waals surface area (Å²) in [6, 6.07) is 8.31. The molecular weight excluding hydrogens is 230 g/mol. The zero-order valence-electron chi connectivity index (χ0n) is 10.1. The number of nitrogens with zero attached hydrogens (tertiary/aromatic N) is 1. The van der Waals surface area contributed by atoms with Crippen molar-refractivity contribution < 1.29 is 4.79 Å². The summed E-state index contributed by atoms with van der Waals surface area (Å²) in [6.45, 7) is 3.12. The minimum absolute atomic E-state index is 0.307. The van der Waals surface area contributed by atoms with Gasteiger partial charge in [0.2, 0.25) is 5.91 Å². The number of para-hydroxylation sites is 1. The zero-order chi connectivity index (χ0) is 11.8. The van der Waals surface area contributed by atoms with Gasteiger partial charge in [-0.05, 0) is 31.4 Å². The Kier molecular flexibility index (Phi) is 2.87. The first-order chi connectivity index (χ1) is 8.25. The molecular formula is C14H17NOS. The second-order valence-electron chi connectivity index (χ2n) is 4.95. The summed E-state index contributed by atoms with van der Waals surface area (Å²) in [5, 5.41) is 0.591. The van der Waals surface area contributed by atoms with Gasteiger partial charge in [0.1, 0.15) is 0 Å². The smallest absolute Gasteiger partial charge is 0.230 e. The van der Waals surface area contributed by atoms with Crippen LogP contribution in [0.2, 0.25) is 0 Å². The first-order valence-electron chi connectivity index (χ1n) is 6.33. The predicted molar refractivity (Wildman–Crippen MR) is 71.5 cm³/mol. The van der Waals surface area contributed by atoms with E-state index in [2.05, 4.69) is 25.1 Å². The third-order valence-electron chi connectivity index (χ3n) is 3.44. The van der Waals surface area contributed by atoms with Crippen molar-refractivity contribution in [2.75, 3.05) is 11.4 Å². The summed E-state index contributed by atoms with van der Waals surface area (Å²) in [5.41, 5.74) is 1.12. The topological polar surface area (TPSA) is 20.3 Å². The molecule has 1 heterocycles. The van der Waals surface area contributed by atoms with E-state index in [1.165, 1.54) is 4.90 Å². The standard InChI is InChI=1S/C14H17NOS/c1-10-8-9-15(14(16)11-6-7-11)12-4-2-3-5-13(12)17-10/h2-5,10-11H,6-9H2,1H3. The highest BCUT2D eigenvalue weighted by Gasteiger charge is 2.35. The van der Waals surface area contributed by atoms with Crippen LogP contribution in [0.25, 0.3) is 0 Å². The largest absolute Gasteiger partial charge is 0.311 e. The van der Waals surface area contributed by atoms with E-state index in [1.807, 2.05) is 22.7 Å². The van der Waals surface area contributed by atoms with Gasteiger partial charge >= 0.3 is 0 Å². The minimum atomic E-state index is 0.307. The Balaban J connectivity index is 1.95. The molecule has 3 heteroatoms. The average molecular weight is 247 g/mol. The summed E-state index contributed by atoms with van der Waals surface area (Å²) >= 11 is 1.89. The quantitative estimate of drug-likeness (QED) is 0.759. The van der Waals surface area contributed by atoms with Crippen LogP contribution >= 0.6 is 11.8 Å². The number of carbonyl (C=O) groups excluding carboxylic acids is 1. The Morgan fingerprint density at radius 3 is 2.82 bits per heavy atom. The Bertz CT molecular complexity index is 442. The second-order valence-corrected chi connectivity index (χ2v) is 6.43. The SMILES string of the molecule is CC1CCN(C(=O)C2CC2)c2ccccc2S1. The molecule has 90 valence electrons. The van der Waals surface area contributed by atoms with Crippen LogP contribution in [0.4, 0.5) is 5.69 Å². The van der Waals surface area contributed by atoms with E-state index >= 15 is 0 Å². The van der Waals surface area contributed by atoms with Gasteiger partial charge in [-0.15, -0.1) is 11.8 Å². The van der Waals surface area contributed by atoms with Crippen LogP contribution in [-0.2, 0) is 4.79 Å². The molecule has 1 saturated carbocycles. The van der Waals surface area contributed by atoms with Gasteiger partial charge in [0.05, 0.1) is 5.69 Å². The van der Waals surface area contributed by atoms with Crippen LogP contribution in [0.15, 0.2) is 29.2 Å². The lowest BCUT2D eigenvalue weighted by Gasteiger charge is -2.22. The molecule has 0 bridgehead atoms. The van der Waals surface area contributed by atoms with Gasteiger partial charge in [0.25, 0.3) is 0 Å². The van der Waals surface area contributed by atoms with E-state index in [-0.39, 0.29) is 0 Å². The second kappa shape index (κ2) is 4.37. The van der Waals surface area contributed by atoms with Crippen LogP contribution in [0.1, 0.15) is 26.2 Å². The lowest BCUT2D eigenvalue weighted by molar-refractivity contribution is -0.119. The molecule has 1 atom stereocenters. The van der Waals surface area contributed by atoms with E-state index in [9.17, 15) is 4.79 Å². The fourth-order valence-corrected chi connectivity index (χ4v) is 3.38. The summed E-state index contributed by atoms with van der Waals surface area (Å²) in [6.07, 6.45) is 3.25. The molecule has 3 rings (SSSR count). The van der Waals surface area contributed by atoms with E-state index in [0.717, 1.165) is 31.5 Å². The van der Waals surface area contributed by atoms with Crippen molar-refractivity contribution in [1.82, 2.24) is 0 Å².